The topological polar surface area (TPSA) is 69.6 Å². The normalized spacial score (nSPS) is 17.3. The highest BCUT2D eigenvalue weighted by Crippen LogP contribution is 2.35. The highest BCUT2D eigenvalue weighted by atomic mass is 15.3. The van der Waals surface area contributed by atoms with Gasteiger partial charge in [-0.15, -0.1) is 0 Å². The molecule has 0 unspecified atom stereocenters. The Morgan fingerprint density at radius 3 is 2.81 bits per heavy atom. The van der Waals surface area contributed by atoms with Crippen LogP contribution < -0.4 is 5.73 Å². The van der Waals surface area contributed by atoms with Crippen LogP contribution in [0.3, 0.4) is 0 Å². The second-order valence-corrected chi connectivity index (χ2v) is 4.40. The molecule has 0 amide bonds. The number of hydrogen-bond acceptors (Lipinski definition) is 4. The van der Waals surface area contributed by atoms with Crippen molar-refractivity contribution in [2.24, 2.45) is 5.73 Å². The van der Waals surface area contributed by atoms with E-state index in [-0.39, 0.29) is 5.54 Å². The van der Waals surface area contributed by atoms with Gasteiger partial charge < -0.3 is 5.73 Å². The van der Waals surface area contributed by atoms with Crippen molar-refractivity contribution in [1.82, 2.24) is 19.7 Å². The fourth-order valence-corrected chi connectivity index (χ4v) is 1.73. The van der Waals surface area contributed by atoms with Crippen LogP contribution in [-0.2, 0) is 6.42 Å². The molecule has 0 aromatic carbocycles. The lowest BCUT2D eigenvalue weighted by atomic mass is 10.1. The molecule has 2 aromatic rings. The summed E-state index contributed by atoms with van der Waals surface area (Å²) in [5.41, 5.74) is 7.28. The molecule has 2 N–H and O–H groups in total. The van der Waals surface area contributed by atoms with Gasteiger partial charge in [-0.05, 0) is 30.9 Å². The molecular formula is C11H13N5. The van der Waals surface area contributed by atoms with Crippen LogP contribution in [0.15, 0.2) is 31.0 Å². The molecule has 5 heteroatoms. The first-order valence-corrected chi connectivity index (χ1v) is 5.34. The van der Waals surface area contributed by atoms with Gasteiger partial charge in [0.1, 0.15) is 12.7 Å². The average molecular weight is 215 g/mol. The van der Waals surface area contributed by atoms with Gasteiger partial charge in [-0.3, -0.25) is 0 Å². The van der Waals surface area contributed by atoms with E-state index in [2.05, 4.69) is 21.1 Å². The lowest BCUT2D eigenvalue weighted by Crippen LogP contribution is -2.24. The first-order valence-electron chi connectivity index (χ1n) is 5.34. The molecule has 3 rings (SSSR count). The van der Waals surface area contributed by atoms with Gasteiger partial charge in [-0.1, -0.05) is 6.07 Å². The summed E-state index contributed by atoms with van der Waals surface area (Å²) in [5.74, 6) is 0.781. The SMILES string of the molecule is NC1(Cc2ccc(-n3cncn3)nc2)CC1. The van der Waals surface area contributed by atoms with Crippen LogP contribution in [0, 0.1) is 0 Å². The minimum absolute atomic E-state index is 0.0381. The van der Waals surface area contributed by atoms with Gasteiger partial charge in [0.05, 0.1) is 0 Å². The van der Waals surface area contributed by atoms with Crippen molar-refractivity contribution in [2.45, 2.75) is 24.8 Å². The Bertz CT molecular complexity index is 470. The van der Waals surface area contributed by atoms with Crippen molar-refractivity contribution < 1.29 is 0 Å². The van der Waals surface area contributed by atoms with Crippen LogP contribution in [0.2, 0.25) is 0 Å². The smallest absolute Gasteiger partial charge is 0.155 e. The maximum Gasteiger partial charge on any atom is 0.155 e. The van der Waals surface area contributed by atoms with E-state index < -0.39 is 0 Å². The summed E-state index contributed by atoms with van der Waals surface area (Å²) in [4.78, 5) is 8.22. The molecule has 0 radical (unpaired) electrons. The molecule has 0 bridgehead atoms. The standard InChI is InChI=1S/C11H13N5/c12-11(3-4-11)5-9-1-2-10(14-6-9)16-8-13-7-15-16/h1-2,6-8H,3-5,12H2. The fraction of sp³-hybridized carbons (Fsp3) is 0.364. The number of rotatable bonds is 3. The Morgan fingerprint density at radius 1 is 1.38 bits per heavy atom. The molecule has 5 nitrogen and oxygen atoms in total. The molecule has 0 saturated heterocycles. The zero-order chi connectivity index (χ0) is 11.0. The zero-order valence-electron chi connectivity index (χ0n) is 8.87. The maximum atomic E-state index is 6.06. The van der Waals surface area contributed by atoms with Gasteiger partial charge in [-0.2, -0.15) is 5.10 Å². The third kappa shape index (κ3) is 1.81. The third-order valence-electron chi connectivity index (χ3n) is 2.91. The zero-order valence-corrected chi connectivity index (χ0v) is 8.87. The van der Waals surface area contributed by atoms with E-state index in [4.69, 9.17) is 5.73 Å². The van der Waals surface area contributed by atoms with Gasteiger partial charge in [0.2, 0.25) is 0 Å². The van der Waals surface area contributed by atoms with Crippen LogP contribution in [0.4, 0.5) is 0 Å². The summed E-state index contributed by atoms with van der Waals surface area (Å²) < 4.78 is 1.64. The molecular weight excluding hydrogens is 202 g/mol. The summed E-state index contributed by atoms with van der Waals surface area (Å²) in [5, 5.41) is 4.02. The molecule has 82 valence electrons. The Labute approximate surface area is 93.3 Å². The van der Waals surface area contributed by atoms with Crippen LogP contribution in [-0.4, -0.2) is 25.3 Å². The number of hydrogen-bond donors (Lipinski definition) is 1. The van der Waals surface area contributed by atoms with E-state index in [1.807, 2.05) is 12.3 Å². The Kier molecular flexibility index (Phi) is 2.00. The first-order chi connectivity index (χ1) is 7.75. The van der Waals surface area contributed by atoms with Crippen LogP contribution >= 0.6 is 0 Å². The van der Waals surface area contributed by atoms with E-state index in [1.54, 1.807) is 11.0 Å². The summed E-state index contributed by atoms with van der Waals surface area (Å²) in [7, 11) is 0. The minimum Gasteiger partial charge on any atom is -0.325 e. The Hall–Kier alpha value is -1.75. The molecule has 0 aliphatic heterocycles. The molecule has 2 heterocycles. The molecule has 1 saturated carbocycles. The van der Waals surface area contributed by atoms with Crippen molar-refractivity contribution in [3.8, 4) is 5.82 Å². The quantitative estimate of drug-likeness (QED) is 0.818. The van der Waals surface area contributed by atoms with Crippen molar-refractivity contribution in [1.29, 1.82) is 0 Å². The van der Waals surface area contributed by atoms with Gasteiger partial charge in [0, 0.05) is 11.7 Å². The second-order valence-electron chi connectivity index (χ2n) is 4.40. The Morgan fingerprint density at radius 2 is 2.25 bits per heavy atom. The predicted octanol–water partition coefficient (Wildman–Crippen LogP) is 0.696. The minimum atomic E-state index is 0.0381. The predicted molar refractivity (Wildman–Crippen MR) is 59.0 cm³/mol. The molecule has 1 fully saturated rings. The molecule has 2 aromatic heterocycles. The second kappa shape index (κ2) is 3.38. The summed E-state index contributed by atoms with van der Waals surface area (Å²) in [6, 6.07) is 3.99. The van der Waals surface area contributed by atoms with E-state index in [0.29, 0.717) is 0 Å². The number of nitrogens with zero attached hydrogens (tertiary/aromatic N) is 4. The average Bonchev–Trinajstić information content (AvgIpc) is 2.83. The lowest BCUT2D eigenvalue weighted by molar-refractivity contribution is 0.669. The lowest BCUT2D eigenvalue weighted by Gasteiger charge is -2.08. The van der Waals surface area contributed by atoms with Crippen molar-refractivity contribution in [3.63, 3.8) is 0 Å². The summed E-state index contributed by atoms with van der Waals surface area (Å²) in [6.07, 6.45) is 8.15. The molecule has 16 heavy (non-hydrogen) atoms. The van der Waals surface area contributed by atoms with Gasteiger partial charge in [-0.25, -0.2) is 14.6 Å². The van der Waals surface area contributed by atoms with Gasteiger partial charge >= 0.3 is 0 Å². The summed E-state index contributed by atoms with van der Waals surface area (Å²) >= 11 is 0. The van der Waals surface area contributed by atoms with Crippen LogP contribution in [0.5, 0.6) is 0 Å². The van der Waals surface area contributed by atoms with Crippen LogP contribution in [0.1, 0.15) is 18.4 Å². The van der Waals surface area contributed by atoms with Crippen LogP contribution in [0.25, 0.3) is 5.82 Å². The highest BCUT2D eigenvalue weighted by Gasteiger charge is 2.37. The number of pyridine rings is 1. The molecule has 1 aliphatic carbocycles. The van der Waals surface area contributed by atoms with Gasteiger partial charge in [0.25, 0.3) is 0 Å². The monoisotopic (exact) mass is 215 g/mol. The highest BCUT2D eigenvalue weighted by molar-refractivity contribution is 5.26. The number of aromatic nitrogens is 4. The van der Waals surface area contributed by atoms with Crippen molar-refractivity contribution >= 4 is 0 Å². The largest absolute Gasteiger partial charge is 0.325 e. The molecule has 0 atom stereocenters. The summed E-state index contributed by atoms with van der Waals surface area (Å²) in [6.45, 7) is 0. The maximum absolute atomic E-state index is 6.06. The van der Waals surface area contributed by atoms with E-state index in [0.717, 1.165) is 25.1 Å². The fourth-order valence-electron chi connectivity index (χ4n) is 1.73. The molecule has 0 spiro atoms. The third-order valence-corrected chi connectivity index (χ3v) is 2.91. The number of nitrogens with two attached hydrogens (primary N) is 1. The Balaban J connectivity index is 1.80. The molecule has 1 aliphatic rings. The van der Waals surface area contributed by atoms with E-state index >= 15 is 0 Å². The van der Waals surface area contributed by atoms with E-state index in [1.165, 1.54) is 11.9 Å². The van der Waals surface area contributed by atoms with Gasteiger partial charge in [0.15, 0.2) is 5.82 Å². The van der Waals surface area contributed by atoms with Crippen molar-refractivity contribution in [2.75, 3.05) is 0 Å². The first kappa shape index (κ1) is 9.47. The van der Waals surface area contributed by atoms with E-state index in [9.17, 15) is 0 Å². The van der Waals surface area contributed by atoms with Crippen molar-refractivity contribution in [3.05, 3.63) is 36.5 Å².